The second kappa shape index (κ2) is 8.90. The molecule has 0 saturated heterocycles. The van der Waals surface area contributed by atoms with Crippen molar-refractivity contribution in [2.45, 2.75) is 40.3 Å². The minimum atomic E-state index is -0.674. The highest BCUT2D eigenvalue weighted by atomic mass is 35.5. The lowest BCUT2D eigenvalue weighted by atomic mass is 10.2. The summed E-state index contributed by atoms with van der Waals surface area (Å²) in [5, 5.41) is 3.85. The van der Waals surface area contributed by atoms with E-state index in [1.54, 1.807) is 19.9 Å². The quantitative estimate of drug-likeness (QED) is 0.747. The molecule has 21 heavy (non-hydrogen) atoms. The van der Waals surface area contributed by atoms with E-state index in [0.717, 1.165) is 18.7 Å². The Morgan fingerprint density at radius 3 is 2.62 bits per heavy atom. The third kappa shape index (κ3) is 6.36. The first-order valence-corrected chi connectivity index (χ1v) is 7.64. The number of ether oxygens (including phenoxy) is 2. The molecular formula is C16H24ClNO3. The van der Waals surface area contributed by atoms with Gasteiger partial charge in [-0.05, 0) is 44.0 Å². The molecule has 0 aliphatic heterocycles. The molecule has 5 heteroatoms. The van der Waals surface area contributed by atoms with Crippen LogP contribution in [0.1, 0.15) is 33.3 Å². The van der Waals surface area contributed by atoms with Crippen molar-refractivity contribution in [3.8, 4) is 5.75 Å². The van der Waals surface area contributed by atoms with E-state index in [9.17, 15) is 4.79 Å². The van der Waals surface area contributed by atoms with E-state index >= 15 is 0 Å². The lowest BCUT2D eigenvalue weighted by Crippen LogP contribution is -2.26. The molecule has 1 N–H and O–H groups in total. The summed E-state index contributed by atoms with van der Waals surface area (Å²) < 4.78 is 10.4. The molecule has 0 bridgehead atoms. The fraction of sp³-hybridized carbons (Fsp3) is 0.562. The molecule has 1 aromatic carbocycles. The number of halogens is 1. The third-order valence-corrected chi connectivity index (χ3v) is 3.10. The lowest BCUT2D eigenvalue weighted by Gasteiger charge is -2.15. The molecule has 0 heterocycles. The van der Waals surface area contributed by atoms with Gasteiger partial charge in [0.15, 0.2) is 6.10 Å². The van der Waals surface area contributed by atoms with Gasteiger partial charge in [0.05, 0.1) is 11.6 Å². The molecule has 0 aromatic heterocycles. The van der Waals surface area contributed by atoms with Crippen molar-refractivity contribution in [1.29, 1.82) is 0 Å². The van der Waals surface area contributed by atoms with Gasteiger partial charge >= 0.3 is 5.97 Å². The Kier molecular flexibility index (Phi) is 7.54. The van der Waals surface area contributed by atoms with Gasteiger partial charge in [0.25, 0.3) is 0 Å². The maximum Gasteiger partial charge on any atom is 0.347 e. The average Bonchev–Trinajstić information content (AvgIpc) is 2.41. The number of hydrogen-bond acceptors (Lipinski definition) is 4. The monoisotopic (exact) mass is 313 g/mol. The van der Waals surface area contributed by atoms with E-state index in [2.05, 4.69) is 19.2 Å². The maximum absolute atomic E-state index is 11.5. The smallest absolute Gasteiger partial charge is 0.347 e. The predicted octanol–water partition coefficient (Wildman–Crippen LogP) is 3.42. The summed E-state index contributed by atoms with van der Waals surface area (Å²) in [6.07, 6.45) is -0.674. The Morgan fingerprint density at radius 1 is 1.33 bits per heavy atom. The van der Waals surface area contributed by atoms with Gasteiger partial charge in [0.1, 0.15) is 5.75 Å². The summed E-state index contributed by atoms with van der Waals surface area (Å²) >= 11 is 6.19. The second-order valence-corrected chi connectivity index (χ2v) is 5.71. The van der Waals surface area contributed by atoms with Gasteiger partial charge in [0.2, 0.25) is 0 Å². The second-order valence-electron chi connectivity index (χ2n) is 5.30. The summed E-state index contributed by atoms with van der Waals surface area (Å²) in [6, 6.07) is 5.57. The summed E-state index contributed by atoms with van der Waals surface area (Å²) in [6.45, 7) is 9.77. The van der Waals surface area contributed by atoms with Crippen LogP contribution in [0, 0.1) is 5.92 Å². The van der Waals surface area contributed by atoms with Crippen molar-refractivity contribution in [3.05, 3.63) is 28.8 Å². The highest BCUT2D eigenvalue weighted by Crippen LogP contribution is 2.26. The van der Waals surface area contributed by atoms with Crippen molar-refractivity contribution in [1.82, 2.24) is 5.32 Å². The van der Waals surface area contributed by atoms with Crippen LogP contribution in [0.25, 0.3) is 0 Å². The molecule has 1 unspecified atom stereocenters. The molecule has 0 aliphatic carbocycles. The number of rotatable bonds is 8. The Bertz CT molecular complexity index is 463. The van der Waals surface area contributed by atoms with Gasteiger partial charge in [0, 0.05) is 6.54 Å². The van der Waals surface area contributed by atoms with E-state index in [-0.39, 0.29) is 0 Å². The lowest BCUT2D eigenvalue weighted by molar-refractivity contribution is -0.150. The molecule has 1 rings (SSSR count). The molecule has 118 valence electrons. The van der Waals surface area contributed by atoms with Crippen LogP contribution >= 0.6 is 11.6 Å². The first kappa shape index (κ1) is 17.8. The summed E-state index contributed by atoms with van der Waals surface area (Å²) in [5.74, 6) is 0.703. The molecule has 1 atom stereocenters. The van der Waals surface area contributed by atoms with E-state index < -0.39 is 12.1 Å². The van der Waals surface area contributed by atoms with E-state index in [0.29, 0.717) is 23.3 Å². The zero-order valence-electron chi connectivity index (χ0n) is 13.1. The van der Waals surface area contributed by atoms with Crippen LogP contribution < -0.4 is 10.1 Å². The number of hydrogen-bond donors (Lipinski definition) is 1. The Hall–Kier alpha value is -1.26. The molecule has 0 spiro atoms. The highest BCUT2D eigenvalue weighted by Gasteiger charge is 2.17. The van der Waals surface area contributed by atoms with Gasteiger partial charge in [-0.1, -0.05) is 31.5 Å². The SMILES string of the molecule is CCOC(=O)C(C)Oc1ccc(CNCC(C)C)cc1Cl. The van der Waals surface area contributed by atoms with E-state index in [4.69, 9.17) is 21.1 Å². The molecule has 1 aromatic rings. The van der Waals surface area contributed by atoms with Crippen molar-refractivity contribution in [2.75, 3.05) is 13.2 Å². The van der Waals surface area contributed by atoms with Gasteiger partial charge in [-0.15, -0.1) is 0 Å². The highest BCUT2D eigenvalue weighted by molar-refractivity contribution is 6.32. The first-order chi connectivity index (χ1) is 9.93. The van der Waals surface area contributed by atoms with Crippen molar-refractivity contribution in [2.24, 2.45) is 5.92 Å². The fourth-order valence-corrected chi connectivity index (χ4v) is 2.00. The Balaban J connectivity index is 2.59. The largest absolute Gasteiger partial charge is 0.477 e. The molecule has 0 radical (unpaired) electrons. The molecular weight excluding hydrogens is 290 g/mol. The number of benzene rings is 1. The Labute approximate surface area is 131 Å². The fourth-order valence-electron chi connectivity index (χ4n) is 1.75. The van der Waals surface area contributed by atoms with Gasteiger partial charge in [-0.2, -0.15) is 0 Å². The first-order valence-electron chi connectivity index (χ1n) is 7.26. The molecule has 4 nitrogen and oxygen atoms in total. The van der Waals surface area contributed by atoms with Crippen LogP contribution in [0.15, 0.2) is 18.2 Å². The number of esters is 1. The predicted molar refractivity (Wildman–Crippen MR) is 84.7 cm³/mol. The summed E-state index contributed by atoms with van der Waals surface area (Å²) in [4.78, 5) is 11.5. The molecule has 0 amide bonds. The van der Waals surface area contributed by atoms with Crippen LogP contribution in [0.5, 0.6) is 5.75 Å². The van der Waals surface area contributed by atoms with Crippen LogP contribution in [0.3, 0.4) is 0 Å². The number of carbonyl (C=O) groups excluding carboxylic acids is 1. The minimum absolute atomic E-state index is 0.334. The third-order valence-electron chi connectivity index (χ3n) is 2.80. The van der Waals surface area contributed by atoms with Crippen LogP contribution in [-0.2, 0) is 16.1 Å². The molecule has 0 saturated carbocycles. The zero-order valence-corrected chi connectivity index (χ0v) is 13.9. The van der Waals surface area contributed by atoms with E-state index in [1.165, 1.54) is 0 Å². The maximum atomic E-state index is 11.5. The van der Waals surface area contributed by atoms with Gasteiger partial charge in [-0.25, -0.2) is 4.79 Å². The van der Waals surface area contributed by atoms with Gasteiger partial charge < -0.3 is 14.8 Å². The summed E-state index contributed by atoms with van der Waals surface area (Å²) in [5.41, 5.74) is 1.08. The molecule has 0 fully saturated rings. The minimum Gasteiger partial charge on any atom is -0.477 e. The van der Waals surface area contributed by atoms with Gasteiger partial charge in [-0.3, -0.25) is 0 Å². The molecule has 0 aliphatic rings. The standard InChI is InChI=1S/C16H24ClNO3/c1-5-20-16(19)12(4)21-15-7-6-13(8-14(15)17)10-18-9-11(2)3/h6-8,11-12,18H,5,9-10H2,1-4H3. The van der Waals surface area contributed by atoms with Crippen molar-refractivity contribution in [3.63, 3.8) is 0 Å². The van der Waals surface area contributed by atoms with Crippen LogP contribution in [-0.4, -0.2) is 25.2 Å². The zero-order chi connectivity index (χ0) is 15.8. The number of nitrogens with one attached hydrogen (secondary N) is 1. The Morgan fingerprint density at radius 2 is 2.05 bits per heavy atom. The summed E-state index contributed by atoms with van der Waals surface area (Å²) in [7, 11) is 0. The van der Waals surface area contributed by atoms with E-state index in [1.807, 2.05) is 12.1 Å². The van der Waals surface area contributed by atoms with Crippen LogP contribution in [0.4, 0.5) is 0 Å². The normalized spacial score (nSPS) is 12.3. The topological polar surface area (TPSA) is 47.6 Å². The van der Waals surface area contributed by atoms with Crippen LogP contribution in [0.2, 0.25) is 5.02 Å². The van der Waals surface area contributed by atoms with Crippen molar-refractivity contribution < 1.29 is 14.3 Å². The number of carbonyl (C=O) groups is 1. The average molecular weight is 314 g/mol. The van der Waals surface area contributed by atoms with Crippen molar-refractivity contribution >= 4 is 17.6 Å².